The smallest absolute Gasteiger partial charge is 0.325 e. The van der Waals surface area contributed by atoms with Crippen LogP contribution in [0.25, 0.3) is 0 Å². The Morgan fingerprint density at radius 3 is 2.16 bits per heavy atom. The van der Waals surface area contributed by atoms with E-state index in [1.165, 1.54) is 6.92 Å². The molecule has 8 heteroatoms. The van der Waals surface area contributed by atoms with Crippen LogP contribution in [0, 0.1) is 0 Å². The zero-order valence-electron chi connectivity index (χ0n) is 10.7. The summed E-state index contributed by atoms with van der Waals surface area (Å²) in [7, 11) is 0. The van der Waals surface area contributed by atoms with Gasteiger partial charge < -0.3 is 15.1 Å². The van der Waals surface area contributed by atoms with Crippen LogP contribution in [0.1, 0.15) is 6.92 Å². The molecule has 104 valence electrons. The molecular formula is C11H16N4O4. The van der Waals surface area contributed by atoms with Crippen molar-refractivity contribution in [2.45, 2.75) is 6.92 Å². The molecule has 2 aliphatic heterocycles. The van der Waals surface area contributed by atoms with E-state index < -0.39 is 6.03 Å². The molecule has 0 unspecified atom stereocenters. The number of carbonyl (C=O) groups excluding carboxylic acids is 4. The van der Waals surface area contributed by atoms with E-state index in [2.05, 4.69) is 5.32 Å². The number of amides is 5. The molecule has 0 saturated carbocycles. The number of nitrogens with zero attached hydrogens (tertiary/aromatic N) is 3. The maximum atomic E-state index is 12.0. The van der Waals surface area contributed by atoms with Crippen molar-refractivity contribution in [1.82, 2.24) is 20.0 Å². The van der Waals surface area contributed by atoms with Crippen LogP contribution in [0.15, 0.2) is 0 Å². The zero-order valence-corrected chi connectivity index (χ0v) is 10.7. The van der Waals surface area contributed by atoms with Gasteiger partial charge in [0.1, 0.15) is 6.54 Å². The third kappa shape index (κ3) is 2.83. The molecule has 0 aromatic carbocycles. The van der Waals surface area contributed by atoms with Crippen LogP contribution in [-0.4, -0.2) is 77.7 Å². The number of nitrogens with one attached hydrogen (secondary N) is 1. The van der Waals surface area contributed by atoms with Gasteiger partial charge >= 0.3 is 6.03 Å². The van der Waals surface area contributed by atoms with E-state index in [0.29, 0.717) is 26.2 Å². The second-order valence-corrected chi connectivity index (χ2v) is 4.53. The summed E-state index contributed by atoms with van der Waals surface area (Å²) < 4.78 is 0. The lowest BCUT2D eigenvalue weighted by atomic mass is 10.3. The second-order valence-electron chi connectivity index (χ2n) is 4.53. The first-order valence-electron chi connectivity index (χ1n) is 6.10. The molecule has 0 spiro atoms. The molecule has 0 aliphatic carbocycles. The number of hydrogen-bond acceptors (Lipinski definition) is 4. The van der Waals surface area contributed by atoms with Crippen molar-refractivity contribution in [3.05, 3.63) is 0 Å². The fourth-order valence-electron chi connectivity index (χ4n) is 2.12. The average Bonchev–Trinajstić information content (AvgIpc) is 2.70. The minimum absolute atomic E-state index is 0.0128. The minimum atomic E-state index is -0.527. The summed E-state index contributed by atoms with van der Waals surface area (Å²) >= 11 is 0. The Balaban J connectivity index is 1.86. The Hall–Kier alpha value is -2.12. The number of imide groups is 1. The first-order valence-corrected chi connectivity index (χ1v) is 6.10. The van der Waals surface area contributed by atoms with Gasteiger partial charge in [-0.15, -0.1) is 0 Å². The molecule has 2 aliphatic rings. The molecule has 2 heterocycles. The van der Waals surface area contributed by atoms with Gasteiger partial charge in [0.05, 0.1) is 6.54 Å². The van der Waals surface area contributed by atoms with E-state index in [1.54, 1.807) is 9.80 Å². The highest BCUT2D eigenvalue weighted by Crippen LogP contribution is 2.05. The first kappa shape index (κ1) is 13.3. The van der Waals surface area contributed by atoms with Crippen molar-refractivity contribution in [3.63, 3.8) is 0 Å². The number of piperazine rings is 1. The van der Waals surface area contributed by atoms with Crippen molar-refractivity contribution in [1.29, 1.82) is 0 Å². The summed E-state index contributed by atoms with van der Waals surface area (Å²) in [5, 5.41) is 2.36. The molecule has 2 fully saturated rings. The third-order valence-electron chi connectivity index (χ3n) is 3.31. The number of urea groups is 1. The van der Waals surface area contributed by atoms with E-state index in [9.17, 15) is 19.2 Å². The Bertz CT molecular complexity index is 412. The van der Waals surface area contributed by atoms with Gasteiger partial charge in [0, 0.05) is 33.1 Å². The Morgan fingerprint density at radius 1 is 1.11 bits per heavy atom. The quantitative estimate of drug-likeness (QED) is 0.600. The monoisotopic (exact) mass is 268 g/mol. The van der Waals surface area contributed by atoms with Gasteiger partial charge in [-0.1, -0.05) is 0 Å². The van der Waals surface area contributed by atoms with E-state index in [0.717, 1.165) is 4.90 Å². The van der Waals surface area contributed by atoms with Crippen molar-refractivity contribution in [2.75, 3.05) is 39.3 Å². The van der Waals surface area contributed by atoms with Crippen LogP contribution in [0.5, 0.6) is 0 Å². The summed E-state index contributed by atoms with van der Waals surface area (Å²) in [5.74, 6) is -0.671. The summed E-state index contributed by atoms with van der Waals surface area (Å²) in [4.78, 5) is 50.0. The van der Waals surface area contributed by atoms with Crippen molar-refractivity contribution >= 4 is 23.8 Å². The number of hydrogen-bond donors (Lipinski definition) is 1. The van der Waals surface area contributed by atoms with Crippen LogP contribution in [0.4, 0.5) is 4.79 Å². The highest BCUT2D eigenvalue weighted by atomic mass is 16.2. The van der Waals surface area contributed by atoms with E-state index >= 15 is 0 Å². The molecule has 0 aromatic heterocycles. The maximum Gasteiger partial charge on any atom is 0.325 e. The van der Waals surface area contributed by atoms with Crippen molar-refractivity contribution in [3.8, 4) is 0 Å². The Kier molecular flexibility index (Phi) is 3.68. The normalized spacial score (nSPS) is 19.7. The Morgan fingerprint density at radius 2 is 1.68 bits per heavy atom. The molecule has 0 atom stereocenters. The fourth-order valence-corrected chi connectivity index (χ4v) is 2.12. The lowest BCUT2D eigenvalue weighted by Gasteiger charge is -2.34. The summed E-state index contributed by atoms with van der Waals surface area (Å²) in [6.45, 7) is 3.05. The molecule has 5 amide bonds. The van der Waals surface area contributed by atoms with Gasteiger partial charge in [0.2, 0.25) is 11.8 Å². The van der Waals surface area contributed by atoms with Crippen LogP contribution >= 0.6 is 0 Å². The van der Waals surface area contributed by atoms with Crippen LogP contribution in [0.2, 0.25) is 0 Å². The number of carbonyl (C=O) groups is 4. The third-order valence-corrected chi connectivity index (χ3v) is 3.31. The van der Waals surface area contributed by atoms with Gasteiger partial charge in [-0.05, 0) is 0 Å². The molecule has 1 N–H and O–H groups in total. The van der Waals surface area contributed by atoms with Gasteiger partial charge in [-0.25, -0.2) is 4.79 Å². The average molecular weight is 268 g/mol. The lowest BCUT2D eigenvalue weighted by Crippen LogP contribution is -2.52. The van der Waals surface area contributed by atoms with Crippen LogP contribution in [0.3, 0.4) is 0 Å². The Labute approximate surface area is 110 Å². The molecule has 2 saturated heterocycles. The molecule has 0 aromatic rings. The highest BCUT2D eigenvalue weighted by molar-refractivity contribution is 6.04. The topological polar surface area (TPSA) is 90.0 Å². The molecule has 2 rings (SSSR count). The van der Waals surface area contributed by atoms with Crippen molar-refractivity contribution < 1.29 is 19.2 Å². The standard InChI is InChI=1S/C11H16N4O4/c1-8(16)13-2-4-14(5-3-13)10(18)7-15-9(17)6-12-11(15)19/h2-7H2,1H3,(H,12,19). The van der Waals surface area contributed by atoms with E-state index in [-0.39, 0.29) is 30.8 Å². The van der Waals surface area contributed by atoms with Crippen LogP contribution < -0.4 is 5.32 Å². The first-order chi connectivity index (χ1) is 8.99. The van der Waals surface area contributed by atoms with E-state index in [1.807, 2.05) is 0 Å². The lowest BCUT2D eigenvalue weighted by molar-refractivity contribution is -0.140. The van der Waals surface area contributed by atoms with E-state index in [4.69, 9.17) is 0 Å². The zero-order chi connectivity index (χ0) is 14.0. The summed E-state index contributed by atoms with van der Waals surface area (Å²) in [6.07, 6.45) is 0. The van der Waals surface area contributed by atoms with Crippen LogP contribution in [-0.2, 0) is 14.4 Å². The van der Waals surface area contributed by atoms with Gasteiger partial charge in [0.25, 0.3) is 5.91 Å². The SMILES string of the molecule is CC(=O)N1CCN(C(=O)CN2C(=O)CNC2=O)CC1. The molecule has 0 bridgehead atoms. The molecule has 19 heavy (non-hydrogen) atoms. The van der Waals surface area contributed by atoms with Gasteiger partial charge in [0.15, 0.2) is 0 Å². The molecule has 0 radical (unpaired) electrons. The molecular weight excluding hydrogens is 252 g/mol. The predicted octanol–water partition coefficient (Wildman–Crippen LogP) is -1.77. The molecule has 8 nitrogen and oxygen atoms in total. The summed E-state index contributed by atoms with van der Waals surface area (Å²) in [5.41, 5.74) is 0. The van der Waals surface area contributed by atoms with Crippen molar-refractivity contribution in [2.24, 2.45) is 0 Å². The minimum Gasteiger partial charge on any atom is -0.339 e. The fraction of sp³-hybridized carbons (Fsp3) is 0.636. The number of rotatable bonds is 2. The summed E-state index contributed by atoms with van der Waals surface area (Å²) in [6, 6.07) is -0.527. The van der Waals surface area contributed by atoms with Gasteiger partial charge in [-0.2, -0.15) is 0 Å². The largest absolute Gasteiger partial charge is 0.339 e. The maximum absolute atomic E-state index is 12.0. The highest BCUT2D eigenvalue weighted by Gasteiger charge is 2.32. The second kappa shape index (κ2) is 5.25. The predicted molar refractivity (Wildman–Crippen MR) is 63.9 cm³/mol. The van der Waals surface area contributed by atoms with Gasteiger partial charge in [-0.3, -0.25) is 19.3 Å².